The standard InChI is InChI=1S/C15H23F2NO2/c1-4-19-10-14(11(2)3)18-9-12-5-7-13(8-6-12)20-15(16)17/h5-8,11,14-15,18H,4,9-10H2,1-3H3. The van der Waals surface area contributed by atoms with Gasteiger partial charge < -0.3 is 14.8 Å². The van der Waals surface area contributed by atoms with Crippen molar-refractivity contribution in [2.45, 2.75) is 40.0 Å². The number of alkyl halides is 2. The SMILES string of the molecule is CCOCC(NCc1ccc(OC(F)F)cc1)C(C)C. The van der Waals surface area contributed by atoms with Gasteiger partial charge in [-0.25, -0.2) is 0 Å². The minimum atomic E-state index is -2.78. The second-order valence-corrected chi connectivity index (χ2v) is 4.91. The first-order chi connectivity index (χ1) is 9.52. The molecular formula is C15H23F2NO2. The highest BCUT2D eigenvalue weighted by molar-refractivity contribution is 5.27. The maximum Gasteiger partial charge on any atom is 0.387 e. The van der Waals surface area contributed by atoms with E-state index in [4.69, 9.17) is 4.74 Å². The topological polar surface area (TPSA) is 30.5 Å². The minimum Gasteiger partial charge on any atom is -0.435 e. The fourth-order valence-corrected chi connectivity index (χ4v) is 1.77. The molecule has 0 aliphatic rings. The first-order valence-corrected chi connectivity index (χ1v) is 6.87. The van der Waals surface area contributed by atoms with Crippen LogP contribution in [0.25, 0.3) is 0 Å². The summed E-state index contributed by atoms with van der Waals surface area (Å²) in [7, 11) is 0. The molecular weight excluding hydrogens is 264 g/mol. The van der Waals surface area contributed by atoms with Crippen LogP contribution in [0.3, 0.4) is 0 Å². The number of benzene rings is 1. The van der Waals surface area contributed by atoms with Gasteiger partial charge in [0.05, 0.1) is 6.61 Å². The van der Waals surface area contributed by atoms with Gasteiger partial charge in [-0.05, 0) is 30.5 Å². The summed E-state index contributed by atoms with van der Waals surface area (Å²) in [6, 6.07) is 6.93. The van der Waals surface area contributed by atoms with Crippen molar-refractivity contribution in [2.24, 2.45) is 5.92 Å². The zero-order valence-electron chi connectivity index (χ0n) is 12.2. The van der Waals surface area contributed by atoms with Gasteiger partial charge in [0.1, 0.15) is 5.75 Å². The second-order valence-electron chi connectivity index (χ2n) is 4.91. The third kappa shape index (κ3) is 6.30. The first-order valence-electron chi connectivity index (χ1n) is 6.87. The number of halogens is 2. The molecule has 0 fully saturated rings. The summed E-state index contributed by atoms with van der Waals surface area (Å²) in [5, 5.41) is 3.42. The Morgan fingerprint density at radius 1 is 1.15 bits per heavy atom. The molecule has 1 atom stereocenters. The summed E-state index contributed by atoms with van der Waals surface area (Å²) in [4.78, 5) is 0. The maximum absolute atomic E-state index is 12.0. The molecule has 0 radical (unpaired) electrons. The predicted octanol–water partition coefficient (Wildman–Crippen LogP) is 3.44. The van der Waals surface area contributed by atoms with Gasteiger partial charge in [-0.1, -0.05) is 26.0 Å². The Hall–Kier alpha value is -1.20. The number of hydrogen-bond donors (Lipinski definition) is 1. The largest absolute Gasteiger partial charge is 0.435 e. The average molecular weight is 287 g/mol. The molecule has 0 amide bonds. The van der Waals surface area contributed by atoms with Crippen LogP contribution in [0.5, 0.6) is 5.75 Å². The van der Waals surface area contributed by atoms with E-state index in [9.17, 15) is 8.78 Å². The normalized spacial score (nSPS) is 12.9. The van der Waals surface area contributed by atoms with Gasteiger partial charge in [0, 0.05) is 19.2 Å². The van der Waals surface area contributed by atoms with Gasteiger partial charge in [-0.15, -0.1) is 0 Å². The van der Waals surface area contributed by atoms with E-state index in [0.717, 1.165) is 5.56 Å². The zero-order valence-corrected chi connectivity index (χ0v) is 12.2. The lowest BCUT2D eigenvalue weighted by Crippen LogP contribution is -2.37. The van der Waals surface area contributed by atoms with Crippen LogP contribution in [0.1, 0.15) is 26.3 Å². The third-order valence-corrected chi connectivity index (χ3v) is 3.02. The Morgan fingerprint density at radius 2 is 1.80 bits per heavy atom. The molecule has 1 rings (SSSR count). The van der Waals surface area contributed by atoms with Crippen molar-refractivity contribution >= 4 is 0 Å². The van der Waals surface area contributed by atoms with Crippen LogP contribution < -0.4 is 10.1 Å². The fourth-order valence-electron chi connectivity index (χ4n) is 1.77. The van der Waals surface area contributed by atoms with Crippen LogP contribution in [0.2, 0.25) is 0 Å². The third-order valence-electron chi connectivity index (χ3n) is 3.02. The van der Waals surface area contributed by atoms with Gasteiger partial charge in [0.15, 0.2) is 0 Å². The van der Waals surface area contributed by atoms with E-state index < -0.39 is 6.61 Å². The quantitative estimate of drug-likeness (QED) is 0.754. The Morgan fingerprint density at radius 3 is 2.30 bits per heavy atom. The van der Waals surface area contributed by atoms with Crippen molar-refractivity contribution in [1.82, 2.24) is 5.32 Å². The number of nitrogens with one attached hydrogen (secondary N) is 1. The van der Waals surface area contributed by atoms with Gasteiger partial charge in [0.2, 0.25) is 0 Å². The molecule has 0 saturated carbocycles. The van der Waals surface area contributed by atoms with E-state index in [1.807, 2.05) is 6.92 Å². The molecule has 5 heteroatoms. The van der Waals surface area contributed by atoms with Gasteiger partial charge in [0.25, 0.3) is 0 Å². The summed E-state index contributed by atoms with van der Waals surface area (Å²) in [5.41, 5.74) is 1.02. The van der Waals surface area contributed by atoms with Crippen molar-refractivity contribution in [3.8, 4) is 5.75 Å². The smallest absolute Gasteiger partial charge is 0.387 e. The fraction of sp³-hybridized carbons (Fsp3) is 0.600. The van der Waals surface area contributed by atoms with E-state index in [1.165, 1.54) is 0 Å². The van der Waals surface area contributed by atoms with Crippen molar-refractivity contribution in [3.05, 3.63) is 29.8 Å². The zero-order chi connectivity index (χ0) is 15.0. The molecule has 3 nitrogen and oxygen atoms in total. The summed E-state index contributed by atoms with van der Waals surface area (Å²) < 4.78 is 33.8. The van der Waals surface area contributed by atoms with Crippen LogP contribution >= 0.6 is 0 Å². The Labute approximate surface area is 119 Å². The molecule has 0 aromatic heterocycles. The average Bonchev–Trinajstić information content (AvgIpc) is 2.39. The molecule has 0 aliphatic heterocycles. The van der Waals surface area contributed by atoms with E-state index >= 15 is 0 Å². The van der Waals surface area contributed by atoms with Crippen molar-refractivity contribution < 1.29 is 18.3 Å². The monoisotopic (exact) mass is 287 g/mol. The molecule has 0 bridgehead atoms. The molecule has 20 heavy (non-hydrogen) atoms. The highest BCUT2D eigenvalue weighted by Crippen LogP contribution is 2.15. The van der Waals surface area contributed by atoms with E-state index in [0.29, 0.717) is 25.7 Å². The lowest BCUT2D eigenvalue weighted by molar-refractivity contribution is -0.0498. The van der Waals surface area contributed by atoms with Crippen molar-refractivity contribution in [2.75, 3.05) is 13.2 Å². The van der Waals surface area contributed by atoms with Crippen LogP contribution in [-0.2, 0) is 11.3 Å². The molecule has 0 spiro atoms. The van der Waals surface area contributed by atoms with Crippen LogP contribution in [-0.4, -0.2) is 25.9 Å². The molecule has 1 unspecified atom stereocenters. The van der Waals surface area contributed by atoms with Crippen molar-refractivity contribution in [1.29, 1.82) is 0 Å². The maximum atomic E-state index is 12.0. The van der Waals surface area contributed by atoms with E-state index in [1.54, 1.807) is 24.3 Å². The van der Waals surface area contributed by atoms with E-state index in [2.05, 4.69) is 23.9 Å². The van der Waals surface area contributed by atoms with Gasteiger partial charge in [-0.3, -0.25) is 0 Å². The molecule has 0 aliphatic carbocycles. The molecule has 1 aromatic rings. The lowest BCUT2D eigenvalue weighted by Gasteiger charge is -2.22. The first kappa shape index (κ1) is 16.9. The molecule has 114 valence electrons. The molecule has 1 N–H and O–H groups in total. The van der Waals surface area contributed by atoms with E-state index in [-0.39, 0.29) is 11.8 Å². The predicted molar refractivity (Wildman–Crippen MR) is 75.0 cm³/mol. The number of rotatable bonds is 9. The molecule has 1 aromatic carbocycles. The second kappa shape index (κ2) is 8.87. The Kier molecular flexibility index (Phi) is 7.47. The van der Waals surface area contributed by atoms with Crippen LogP contribution in [0.4, 0.5) is 8.78 Å². The highest BCUT2D eigenvalue weighted by atomic mass is 19.3. The van der Waals surface area contributed by atoms with Gasteiger partial charge in [-0.2, -0.15) is 8.78 Å². The summed E-state index contributed by atoms with van der Waals surface area (Å²) >= 11 is 0. The Bertz CT molecular complexity index is 369. The van der Waals surface area contributed by atoms with Crippen molar-refractivity contribution in [3.63, 3.8) is 0 Å². The van der Waals surface area contributed by atoms with Crippen LogP contribution in [0.15, 0.2) is 24.3 Å². The summed E-state index contributed by atoms with van der Waals surface area (Å²) in [5.74, 6) is 0.640. The number of hydrogen-bond acceptors (Lipinski definition) is 3. The number of ether oxygens (including phenoxy) is 2. The van der Waals surface area contributed by atoms with Gasteiger partial charge >= 0.3 is 6.61 Å². The Balaban J connectivity index is 2.46. The summed E-state index contributed by atoms with van der Waals surface area (Å²) in [6.07, 6.45) is 0. The minimum absolute atomic E-state index is 0.179. The molecule has 0 heterocycles. The summed E-state index contributed by atoms with van der Waals surface area (Å²) in [6.45, 7) is 5.50. The van der Waals surface area contributed by atoms with Crippen LogP contribution in [0, 0.1) is 5.92 Å². The highest BCUT2D eigenvalue weighted by Gasteiger charge is 2.12. The molecule has 0 saturated heterocycles. The lowest BCUT2D eigenvalue weighted by atomic mass is 10.0.